The van der Waals surface area contributed by atoms with Crippen LogP contribution in [0.4, 0.5) is 20.2 Å². The molecule has 0 aromatic heterocycles. The van der Waals surface area contributed by atoms with Gasteiger partial charge >= 0.3 is 0 Å². The number of carbonyl (C=O) groups excluding carboxylic acids is 2. The van der Waals surface area contributed by atoms with Gasteiger partial charge in [0.15, 0.2) is 0 Å². The van der Waals surface area contributed by atoms with Gasteiger partial charge in [-0.15, -0.1) is 11.8 Å². The van der Waals surface area contributed by atoms with E-state index >= 15 is 0 Å². The summed E-state index contributed by atoms with van der Waals surface area (Å²) in [6, 6.07) is 10.3. The first-order chi connectivity index (χ1) is 12.0. The molecule has 7 heteroatoms. The Morgan fingerprint density at radius 1 is 1.20 bits per heavy atom. The highest BCUT2D eigenvalue weighted by atomic mass is 32.2. The van der Waals surface area contributed by atoms with Gasteiger partial charge in [-0.25, -0.2) is 8.78 Å². The lowest BCUT2D eigenvalue weighted by atomic mass is 10.1. The Morgan fingerprint density at radius 3 is 2.60 bits per heavy atom. The minimum atomic E-state index is -0.760. The molecule has 1 atom stereocenters. The van der Waals surface area contributed by atoms with Gasteiger partial charge in [-0.05, 0) is 36.6 Å². The number of carbonyl (C=O) groups is 2. The van der Waals surface area contributed by atoms with Crippen molar-refractivity contribution < 1.29 is 18.4 Å². The summed E-state index contributed by atoms with van der Waals surface area (Å²) in [7, 11) is 0. The van der Waals surface area contributed by atoms with Gasteiger partial charge in [0.25, 0.3) is 0 Å². The molecule has 0 aliphatic carbocycles. The highest BCUT2D eigenvalue weighted by Gasteiger charge is 2.35. The van der Waals surface area contributed by atoms with E-state index in [2.05, 4.69) is 5.32 Å². The number of thioether (sulfide) groups is 1. The molecule has 0 bridgehead atoms. The first kappa shape index (κ1) is 17.4. The summed E-state index contributed by atoms with van der Waals surface area (Å²) >= 11 is 1.56. The van der Waals surface area contributed by atoms with Gasteiger partial charge in [0.05, 0.1) is 5.92 Å². The summed E-state index contributed by atoms with van der Waals surface area (Å²) in [5.74, 6) is -2.71. The van der Waals surface area contributed by atoms with E-state index in [9.17, 15) is 18.4 Å². The largest absolute Gasteiger partial charge is 0.326 e. The van der Waals surface area contributed by atoms with E-state index in [1.54, 1.807) is 17.8 Å². The molecule has 0 spiro atoms. The molecule has 4 nitrogen and oxygen atoms in total. The number of nitrogens with zero attached hydrogens (tertiary/aromatic N) is 1. The Balaban J connectivity index is 1.72. The molecule has 1 aliphatic heterocycles. The van der Waals surface area contributed by atoms with Gasteiger partial charge < -0.3 is 10.2 Å². The molecule has 1 fully saturated rings. The topological polar surface area (TPSA) is 49.4 Å². The van der Waals surface area contributed by atoms with Gasteiger partial charge in [-0.1, -0.05) is 6.07 Å². The van der Waals surface area contributed by atoms with Crippen LogP contribution in [-0.4, -0.2) is 24.6 Å². The lowest BCUT2D eigenvalue weighted by Gasteiger charge is -2.17. The molecule has 1 saturated heterocycles. The standard InChI is InChI=1S/C18H16F2N2O2S/c1-25-16-4-2-3-14(9-16)21-18(24)11-5-17(23)22(10-11)15-7-12(19)6-13(20)8-15/h2-4,6-9,11H,5,10H2,1H3,(H,21,24). The number of halogens is 2. The van der Waals surface area contributed by atoms with Crippen LogP contribution < -0.4 is 10.2 Å². The maximum absolute atomic E-state index is 13.4. The number of amides is 2. The zero-order valence-corrected chi connectivity index (χ0v) is 14.3. The maximum Gasteiger partial charge on any atom is 0.229 e. The predicted octanol–water partition coefficient (Wildman–Crippen LogP) is 3.68. The van der Waals surface area contributed by atoms with Crippen LogP contribution in [0.1, 0.15) is 6.42 Å². The van der Waals surface area contributed by atoms with E-state index in [0.29, 0.717) is 5.69 Å². The average molecular weight is 362 g/mol. The Hall–Kier alpha value is -2.41. The molecule has 0 saturated carbocycles. The molecule has 2 aromatic rings. The van der Waals surface area contributed by atoms with Crippen LogP contribution in [0.25, 0.3) is 0 Å². The van der Waals surface area contributed by atoms with Crippen molar-refractivity contribution in [3.8, 4) is 0 Å². The Labute approximate surface area is 148 Å². The summed E-state index contributed by atoms with van der Waals surface area (Å²) < 4.78 is 26.7. The van der Waals surface area contributed by atoms with E-state index in [-0.39, 0.29) is 30.5 Å². The second kappa shape index (κ2) is 7.23. The molecule has 25 heavy (non-hydrogen) atoms. The molecule has 0 radical (unpaired) electrons. The Kier molecular flexibility index (Phi) is 5.03. The van der Waals surface area contributed by atoms with E-state index in [4.69, 9.17) is 0 Å². The van der Waals surface area contributed by atoms with Crippen molar-refractivity contribution in [2.45, 2.75) is 11.3 Å². The second-order valence-electron chi connectivity index (χ2n) is 5.75. The third-order valence-corrected chi connectivity index (χ3v) is 4.72. The first-order valence-electron chi connectivity index (χ1n) is 7.67. The lowest BCUT2D eigenvalue weighted by molar-refractivity contribution is -0.122. The number of benzene rings is 2. The molecule has 1 heterocycles. The van der Waals surface area contributed by atoms with Gasteiger partial charge in [0.1, 0.15) is 11.6 Å². The molecule has 2 aromatic carbocycles. The van der Waals surface area contributed by atoms with Crippen LogP contribution >= 0.6 is 11.8 Å². The van der Waals surface area contributed by atoms with Crippen LogP contribution in [0.2, 0.25) is 0 Å². The number of hydrogen-bond acceptors (Lipinski definition) is 3. The molecular weight excluding hydrogens is 346 g/mol. The molecular formula is C18H16F2N2O2S. The van der Waals surface area contributed by atoms with Crippen molar-refractivity contribution in [3.05, 3.63) is 54.1 Å². The first-order valence-corrected chi connectivity index (χ1v) is 8.90. The van der Waals surface area contributed by atoms with Crippen molar-refractivity contribution in [2.75, 3.05) is 23.0 Å². The van der Waals surface area contributed by atoms with Gasteiger partial charge in [0.2, 0.25) is 11.8 Å². The normalized spacial score (nSPS) is 17.0. The fourth-order valence-corrected chi connectivity index (χ4v) is 3.23. The maximum atomic E-state index is 13.4. The van der Waals surface area contributed by atoms with Crippen LogP contribution in [0.3, 0.4) is 0 Å². The average Bonchev–Trinajstić information content (AvgIpc) is 2.96. The quantitative estimate of drug-likeness (QED) is 0.844. The summed E-state index contributed by atoms with van der Waals surface area (Å²) in [4.78, 5) is 26.8. The zero-order chi connectivity index (χ0) is 18.0. The number of rotatable bonds is 4. The third-order valence-electron chi connectivity index (χ3n) is 3.99. The molecule has 2 amide bonds. The van der Waals surface area contributed by atoms with Gasteiger partial charge in [-0.3, -0.25) is 9.59 Å². The lowest BCUT2D eigenvalue weighted by Crippen LogP contribution is -2.28. The van der Waals surface area contributed by atoms with Crippen LogP contribution in [0.5, 0.6) is 0 Å². The number of nitrogens with one attached hydrogen (secondary N) is 1. The SMILES string of the molecule is CSc1cccc(NC(=O)C2CC(=O)N(c3cc(F)cc(F)c3)C2)c1. The molecule has 130 valence electrons. The monoisotopic (exact) mass is 362 g/mol. The van der Waals surface area contributed by atoms with Crippen molar-refractivity contribution in [2.24, 2.45) is 5.92 Å². The van der Waals surface area contributed by atoms with Crippen molar-refractivity contribution in [1.82, 2.24) is 0 Å². The summed E-state index contributed by atoms with van der Waals surface area (Å²) in [6.45, 7) is 0.0930. The van der Waals surface area contributed by atoms with Crippen molar-refractivity contribution in [1.29, 1.82) is 0 Å². The highest BCUT2D eigenvalue weighted by molar-refractivity contribution is 7.98. The summed E-state index contributed by atoms with van der Waals surface area (Å²) in [6.07, 6.45) is 1.94. The summed E-state index contributed by atoms with van der Waals surface area (Å²) in [5.41, 5.74) is 0.779. The molecule has 3 rings (SSSR count). The third kappa shape index (κ3) is 3.99. The predicted molar refractivity (Wildman–Crippen MR) is 93.7 cm³/mol. The van der Waals surface area contributed by atoms with Gasteiger partial charge in [-0.2, -0.15) is 0 Å². The fourth-order valence-electron chi connectivity index (χ4n) is 2.77. The Bertz CT molecular complexity index is 808. The van der Waals surface area contributed by atoms with Crippen molar-refractivity contribution in [3.63, 3.8) is 0 Å². The summed E-state index contributed by atoms with van der Waals surface area (Å²) in [5, 5.41) is 2.79. The molecule has 1 unspecified atom stereocenters. The number of anilines is 2. The minimum absolute atomic E-state index is 0.00614. The zero-order valence-electron chi connectivity index (χ0n) is 13.5. The smallest absolute Gasteiger partial charge is 0.229 e. The Morgan fingerprint density at radius 2 is 1.92 bits per heavy atom. The highest BCUT2D eigenvalue weighted by Crippen LogP contribution is 2.28. The van der Waals surface area contributed by atoms with Crippen LogP contribution in [0, 0.1) is 17.6 Å². The molecule has 1 N–H and O–H groups in total. The van der Waals surface area contributed by atoms with Crippen LogP contribution in [0.15, 0.2) is 47.4 Å². The van der Waals surface area contributed by atoms with E-state index in [1.807, 2.05) is 24.5 Å². The van der Waals surface area contributed by atoms with E-state index < -0.39 is 17.6 Å². The number of hydrogen-bond donors (Lipinski definition) is 1. The van der Waals surface area contributed by atoms with E-state index in [0.717, 1.165) is 23.1 Å². The van der Waals surface area contributed by atoms with Crippen LogP contribution in [-0.2, 0) is 9.59 Å². The molecule has 1 aliphatic rings. The minimum Gasteiger partial charge on any atom is -0.326 e. The van der Waals surface area contributed by atoms with E-state index in [1.165, 1.54) is 4.90 Å². The second-order valence-corrected chi connectivity index (χ2v) is 6.63. The van der Waals surface area contributed by atoms with Crippen molar-refractivity contribution >= 4 is 35.0 Å². The fraction of sp³-hybridized carbons (Fsp3) is 0.222. The van der Waals surface area contributed by atoms with Gasteiger partial charge in [0, 0.05) is 35.3 Å².